The number of aromatic nitrogens is 1. The van der Waals surface area contributed by atoms with Gasteiger partial charge >= 0.3 is 11.9 Å². The fourth-order valence-electron chi connectivity index (χ4n) is 3.00. The molecule has 1 unspecified atom stereocenters. The molecule has 1 heterocycles. The van der Waals surface area contributed by atoms with E-state index in [0.29, 0.717) is 22.1 Å². The maximum absolute atomic E-state index is 13.9. The molecule has 0 saturated carbocycles. The maximum Gasteiger partial charge on any atom is 0.318 e. The van der Waals surface area contributed by atoms with Gasteiger partial charge in [0.2, 0.25) is 0 Å². The molecule has 1 atom stereocenters. The van der Waals surface area contributed by atoms with Crippen LogP contribution in [-0.2, 0) is 19.7 Å². The molecule has 0 amide bonds. The third-order valence-electron chi connectivity index (χ3n) is 4.46. The lowest BCUT2D eigenvalue weighted by molar-refractivity contribution is -0.151. The zero-order valence-corrected chi connectivity index (χ0v) is 16.7. The van der Waals surface area contributed by atoms with Gasteiger partial charge in [-0.2, -0.15) is 0 Å². The van der Waals surface area contributed by atoms with E-state index >= 15 is 0 Å². The zero-order valence-electron chi connectivity index (χ0n) is 15.8. The summed E-state index contributed by atoms with van der Waals surface area (Å²) in [5, 5.41) is 12.2. The van der Waals surface area contributed by atoms with Gasteiger partial charge < -0.3 is 15.2 Å². The summed E-state index contributed by atoms with van der Waals surface area (Å²) in [6.45, 7) is 5.35. The summed E-state index contributed by atoms with van der Waals surface area (Å²) >= 11 is 1.20. The van der Waals surface area contributed by atoms with Crippen molar-refractivity contribution >= 4 is 34.1 Å². The van der Waals surface area contributed by atoms with Gasteiger partial charge in [-0.3, -0.25) is 9.59 Å². The Morgan fingerprint density at radius 2 is 2.04 bits per heavy atom. The number of aryl methyl sites for hydroxylation is 1. The molecular weight excluding hydrogens is 390 g/mol. The fourth-order valence-corrected chi connectivity index (χ4v) is 3.92. The molecule has 9 heteroatoms. The van der Waals surface area contributed by atoms with E-state index in [4.69, 9.17) is 9.84 Å². The zero-order chi connectivity index (χ0) is 20.9. The van der Waals surface area contributed by atoms with Crippen molar-refractivity contribution in [1.82, 2.24) is 4.98 Å². The van der Waals surface area contributed by atoms with Gasteiger partial charge in [0, 0.05) is 17.4 Å². The predicted molar refractivity (Wildman–Crippen MR) is 102 cm³/mol. The highest BCUT2D eigenvalue weighted by molar-refractivity contribution is 7.15. The van der Waals surface area contributed by atoms with Crippen LogP contribution < -0.4 is 5.32 Å². The van der Waals surface area contributed by atoms with Gasteiger partial charge in [0.15, 0.2) is 5.13 Å². The molecule has 0 aliphatic heterocycles. The summed E-state index contributed by atoms with van der Waals surface area (Å²) in [4.78, 5) is 29.0. The Morgan fingerprint density at radius 1 is 1.32 bits per heavy atom. The molecule has 1 aromatic heterocycles. The second-order valence-corrected chi connectivity index (χ2v) is 7.43. The number of hydrogen-bond donors (Lipinski definition) is 2. The minimum atomic E-state index is -1.21. The Labute approximate surface area is 165 Å². The number of benzene rings is 1. The van der Waals surface area contributed by atoms with Gasteiger partial charge in [0.25, 0.3) is 0 Å². The van der Waals surface area contributed by atoms with Gasteiger partial charge in [0.1, 0.15) is 17.0 Å². The molecule has 0 aliphatic rings. The molecule has 2 rings (SSSR count). The minimum Gasteiger partial charge on any atom is -0.481 e. The number of hydrogen-bond acceptors (Lipinski definition) is 6. The molecule has 0 fully saturated rings. The second-order valence-electron chi connectivity index (χ2n) is 6.22. The van der Waals surface area contributed by atoms with Crippen LogP contribution in [0.25, 0.3) is 0 Å². The first-order valence-electron chi connectivity index (χ1n) is 8.82. The molecule has 0 bridgehead atoms. The first-order valence-corrected chi connectivity index (χ1v) is 9.64. The van der Waals surface area contributed by atoms with Crippen LogP contribution in [-0.4, -0.2) is 28.6 Å². The Morgan fingerprint density at radius 3 is 2.61 bits per heavy atom. The number of rotatable bonds is 9. The van der Waals surface area contributed by atoms with E-state index < -0.39 is 29.0 Å². The summed E-state index contributed by atoms with van der Waals surface area (Å²) in [6.07, 6.45) is 0.111. The van der Waals surface area contributed by atoms with Crippen molar-refractivity contribution in [2.75, 3.05) is 11.9 Å². The number of ether oxygens (including phenoxy) is 1. The maximum atomic E-state index is 13.9. The number of anilines is 2. The Balaban J connectivity index is 2.43. The van der Waals surface area contributed by atoms with Crippen molar-refractivity contribution in [2.45, 2.75) is 45.4 Å². The van der Waals surface area contributed by atoms with E-state index in [1.807, 2.05) is 0 Å². The summed E-state index contributed by atoms with van der Waals surface area (Å²) in [5.41, 5.74) is -0.758. The summed E-state index contributed by atoms with van der Waals surface area (Å²) in [6, 6.07) is 3.13. The third kappa shape index (κ3) is 4.64. The number of thiazole rings is 1. The van der Waals surface area contributed by atoms with Crippen LogP contribution >= 0.6 is 11.3 Å². The van der Waals surface area contributed by atoms with E-state index in [-0.39, 0.29) is 25.1 Å². The van der Waals surface area contributed by atoms with Crippen molar-refractivity contribution in [1.29, 1.82) is 0 Å². The lowest BCUT2D eigenvalue weighted by atomic mass is 9.77. The van der Waals surface area contributed by atoms with Crippen LogP contribution in [0.1, 0.15) is 43.7 Å². The Bertz CT molecular complexity index is 872. The number of aliphatic carboxylic acids is 1. The van der Waals surface area contributed by atoms with Crippen LogP contribution in [0.2, 0.25) is 0 Å². The van der Waals surface area contributed by atoms with E-state index in [9.17, 15) is 18.4 Å². The van der Waals surface area contributed by atoms with E-state index in [1.165, 1.54) is 17.4 Å². The van der Waals surface area contributed by atoms with E-state index in [0.717, 1.165) is 12.1 Å². The van der Waals surface area contributed by atoms with Crippen LogP contribution in [0.15, 0.2) is 18.2 Å². The molecule has 6 nitrogen and oxygen atoms in total. The molecule has 152 valence electrons. The largest absolute Gasteiger partial charge is 0.481 e. The lowest BCUT2D eigenvalue weighted by Crippen LogP contribution is -2.38. The predicted octanol–water partition coefficient (Wildman–Crippen LogP) is 4.55. The standard InChI is InChI=1S/C19H22F2N2O4S/c1-4-19(9-8-15(24)25,17(26)27-5-2)16-11(3)28-18(23-16)22-14-7-6-12(20)10-13(14)21/h6-7,10H,4-5,8-9H2,1-3H3,(H,22,23)(H,24,25). The van der Waals surface area contributed by atoms with Crippen LogP contribution in [0.3, 0.4) is 0 Å². The number of carboxylic acids is 1. The van der Waals surface area contributed by atoms with Crippen LogP contribution in [0, 0.1) is 18.6 Å². The molecule has 0 spiro atoms. The van der Waals surface area contributed by atoms with Gasteiger partial charge in [0.05, 0.1) is 18.0 Å². The highest BCUT2D eigenvalue weighted by Gasteiger charge is 2.43. The SMILES string of the molecule is CCOC(=O)C(CC)(CCC(=O)O)c1nc(Nc2ccc(F)cc2F)sc1C. The number of esters is 1. The smallest absolute Gasteiger partial charge is 0.318 e. The average Bonchev–Trinajstić information content (AvgIpc) is 2.99. The first-order chi connectivity index (χ1) is 13.2. The summed E-state index contributed by atoms with van der Waals surface area (Å²) in [5.74, 6) is -3.03. The fraction of sp³-hybridized carbons (Fsp3) is 0.421. The quantitative estimate of drug-likeness (QED) is 0.588. The van der Waals surface area contributed by atoms with E-state index in [1.54, 1.807) is 20.8 Å². The van der Waals surface area contributed by atoms with Crippen molar-refractivity contribution in [3.05, 3.63) is 40.4 Å². The van der Waals surface area contributed by atoms with Gasteiger partial charge in [-0.05, 0) is 38.8 Å². The molecular formula is C19H22F2N2O4S. The average molecular weight is 412 g/mol. The highest BCUT2D eigenvalue weighted by atomic mass is 32.1. The number of halogens is 2. The molecule has 0 aliphatic carbocycles. The molecule has 2 N–H and O–H groups in total. The van der Waals surface area contributed by atoms with E-state index in [2.05, 4.69) is 10.3 Å². The number of carboxylic acid groups (broad SMARTS) is 1. The van der Waals surface area contributed by atoms with Crippen molar-refractivity contribution in [3.8, 4) is 0 Å². The van der Waals surface area contributed by atoms with Crippen molar-refractivity contribution < 1.29 is 28.2 Å². The first kappa shape index (κ1) is 21.7. The van der Waals surface area contributed by atoms with Gasteiger partial charge in [-0.25, -0.2) is 13.8 Å². The number of nitrogens with zero attached hydrogens (tertiary/aromatic N) is 1. The normalized spacial score (nSPS) is 13.0. The molecule has 28 heavy (non-hydrogen) atoms. The summed E-state index contributed by atoms with van der Waals surface area (Å²) < 4.78 is 32.2. The topological polar surface area (TPSA) is 88.5 Å². The molecule has 0 radical (unpaired) electrons. The molecule has 0 saturated heterocycles. The second kappa shape index (κ2) is 9.09. The van der Waals surface area contributed by atoms with Gasteiger partial charge in [-0.15, -0.1) is 11.3 Å². The summed E-state index contributed by atoms with van der Waals surface area (Å²) in [7, 11) is 0. The van der Waals surface area contributed by atoms with Gasteiger partial charge in [-0.1, -0.05) is 6.92 Å². The van der Waals surface area contributed by atoms with Crippen LogP contribution in [0.5, 0.6) is 0 Å². The highest BCUT2D eigenvalue weighted by Crippen LogP contribution is 2.40. The molecule has 1 aromatic carbocycles. The van der Waals surface area contributed by atoms with Crippen molar-refractivity contribution in [3.63, 3.8) is 0 Å². The third-order valence-corrected chi connectivity index (χ3v) is 5.34. The Hall–Kier alpha value is -2.55. The Kier molecular flexibility index (Phi) is 7.06. The monoisotopic (exact) mass is 412 g/mol. The van der Waals surface area contributed by atoms with Crippen LogP contribution in [0.4, 0.5) is 19.6 Å². The van der Waals surface area contributed by atoms with Crippen molar-refractivity contribution in [2.24, 2.45) is 0 Å². The molecule has 2 aromatic rings. The lowest BCUT2D eigenvalue weighted by Gasteiger charge is -2.29. The number of carbonyl (C=O) groups is 2. The number of nitrogens with one attached hydrogen (secondary N) is 1. The number of carbonyl (C=O) groups excluding carboxylic acids is 1. The minimum absolute atomic E-state index is 0.0343.